The van der Waals surface area contributed by atoms with Gasteiger partial charge in [-0.05, 0) is 18.6 Å². The van der Waals surface area contributed by atoms with E-state index in [4.69, 9.17) is 10.5 Å². The van der Waals surface area contributed by atoms with Gasteiger partial charge in [-0.3, -0.25) is 9.88 Å². The third-order valence-corrected chi connectivity index (χ3v) is 2.89. The van der Waals surface area contributed by atoms with Crippen molar-refractivity contribution in [2.45, 2.75) is 25.6 Å². The first-order valence-corrected chi connectivity index (χ1v) is 5.74. The lowest BCUT2D eigenvalue weighted by Gasteiger charge is -2.34. The van der Waals surface area contributed by atoms with E-state index in [-0.39, 0.29) is 12.1 Å². The van der Waals surface area contributed by atoms with Crippen molar-refractivity contribution < 1.29 is 4.74 Å². The lowest BCUT2D eigenvalue weighted by atomic mass is 10.1. The van der Waals surface area contributed by atoms with Crippen molar-refractivity contribution in [3.63, 3.8) is 0 Å². The molecule has 2 N–H and O–H groups in total. The fourth-order valence-corrected chi connectivity index (χ4v) is 1.94. The lowest BCUT2D eigenvalue weighted by Crippen LogP contribution is -2.49. The SMILES string of the molecule is CC(N)C1CN(Cc2cccnc2)CCO1. The summed E-state index contributed by atoms with van der Waals surface area (Å²) in [6.45, 7) is 5.58. The topological polar surface area (TPSA) is 51.4 Å². The Balaban J connectivity index is 1.90. The molecule has 0 aliphatic carbocycles. The zero-order chi connectivity index (χ0) is 11.4. The predicted molar refractivity (Wildman–Crippen MR) is 62.9 cm³/mol. The molecule has 1 saturated heterocycles. The number of rotatable bonds is 3. The van der Waals surface area contributed by atoms with Crippen LogP contribution in [0.2, 0.25) is 0 Å². The standard InChI is InChI=1S/C12H19N3O/c1-10(13)12-9-15(5-6-16-12)8-11-3-2-4-14-7-11/h2-4,7,10,12H,5-6,8-9,13H2,1H3. The summed E-state index contributed by atoms with van der Waals surface area (Å²) >= 11 is 0. The molecule has 1 aliphatic heterocycles. The minimum Gasteiger partial charge on any atom is -0.374 e. The molecule has 2 unspecified atom stereocenters. The molecule has 0 spiro atoms. The van der Waals surface area contributed by atoms with Crippen LogP contribution in [0.15, 0.2) is 24.5 Å². The summed E-state index contributed by atoms with van der Waals surface area (Å²) in [6, 6.07) is 4.17. The zero-order valence-electron chi connectivity index (χ0n) is 9.67. The molecular weight excluding hydrogens is 202 g/mol. The van der Waals surface area contributed by atoms with Crippen molar-refractivity contribution in [3.05, 3.63) is 30.1 Å². The van der Waals surface area contributed by atoms with Gasteiger partial charge in [0.25, 0.3) is 0 Å². The van der Waals surface area contributed by atoms with Gasteiger partial charge in [-0.15, -0.1) is 0 Å². The number of hydrogen-bond acceptors (Lipinski definition) is 4. The highest BCUT2D eigenvalue weighted by atomic mass is 16.5. The average Bonchev–Trinajstić information content (AvgIpc) is 2.30. The zero-order valence-corrected chi connectivity index (χ0v) is 9.67. The van der Waals surface area contributed by atoms with Gasteiger partial charge in [0.2, 0.25) is 0 Å². The Morgan fingerprint density at radius 2 is 2.56 bits per heavy atom. The highest BCUT2D eigenvalue weighted by Gasteiger charge is 2.23. The molecule has 2 heterocycles. The Kier molecular flexibility index (Phi) is 3.88. The molecule has 1 aliphatic rings. The van der Waals surface area contributed by atoms with Gasteiger partial charge in [-0.2, -0.15) is 0 Å². The Hall–Kier alpha value is -0.970. The van der Waals surface area contributed by atoms with Crippen LogP contribution in [0.3, 0.4) is 0 Å². The molecule has 2 atom stereocenters. The van der Waals surface area contributed by atoms with Crippen molar-refractivity contribution in [2.24, 2.45) is 5.73 Å². The quantitative estimate of drug-likeness (QED) is 0.813. The smallest absolute Gasteiger partial charge is 0.0850 e. The molecule has 4 nitrogen and oxygen atoms in total. The predicted octanol–water partition coefficient (Wildman–Crippen LogP) is 0.630. The molecule has 4 heteroatoms. The van der Waals surface area contributed by atoms with Crippen LogP contribution in [0.5, 0.6) is 0 Å². The second-order valence-corrected chi connectivity index (χ2v) is 4.36. The summed E-state index contributed by atoms with van der Waals surface area (Å²) in [4.78, 5) is 6.49. The summed E-state index contributed by atoms with van der Waals surface area (Å²) < 4.78 is 5.63. The largest absolute Gasteiger partial charge is 0.374 e. The molecule has 1 aromatic heterocycles. The Morgan fingerprint density at radius 1 is 1.69 bits per heavy atom. The van der Waals surface area contributed by atoms with Crippen molar-refractivity contribution >= 4 is 0 Å². The van der Waals surface area contributed by atoms with Crippen LogP contribution in [-0.2, 0) is 11.3 Å². The number of nitrogens with two attached hydrogens (primary N) is 1. The molecule has 0 bridgehead atoms. The van der Waals surface area contributed by atoms with Crippen LogP contribution in [0.1, 0.15) is 12.5 Å². The molecule has 16 heavy (non-hydrogen) atoms. The molecule has 1 fully saturated rings. The number of aromatic nitrogens is 1. The van der Waals surface area contributed by atoms with E-state index in [2.05, 4.69) is 16.0 Å². The Morgan fingerprint density at radius 3 is 3.25 bits per heavy atom. The molecule has 0 aromatic carbocycles. The molecule has 1 aromatic rings. The first-order chi connectivity index (χ1) is 7.75. The molecule has 88 valence electrons. The van der Waals surface area contributed by atoms with Gasteiger partial charge in [-0.1, -0.05) is 6.07 Å². The number of ether oxygens (including phenoxy) is 1. The van der Waals surface area contributed by atoms with Crippen molar-refractivity contribution in [2.75, 3.05) is 19.7 Å². The van der Waals surface area contributed by atoms with Crippen molar-refractivity contribution in [1.29, 1.82) is 0 Å². The van der Waals surface area contributed by atoms with E-state index in [9.17, 15) is 0 Å². The summed E-state index contributed by atoms with van der Waals surface area (Å²) in [5.74, 6) is 0. The second-order valence-electron chi connectivity index (χ2n) is 4.36. The van der Waals surface area contributed by atoms with Crippen molar-refractivity contribution in [3.8, 4) is 0 Å². The molecule has 2 rings (SSSR count). The molecule has 0 saturated carbocycles. The monoisotopic (exact) mass is 221 g/mol. The van der Waals surface area contributed by atoms with Crippen LogP contribution in [0.4, 0.5) is 0 Å². The van der Waals surface area contributed by atoms with E-state index in [0.29, 0.717) is 0 Å². The van der Waals surface area contributed by atoms with Crippen LogP contribution in [0.25, 0.3) is 0 Å². The second kappa shape index (κ2) is 5.39. The van der Waals surface area contributed by atoms with Gasteiger partial charge in [-0.25, -0.2) is 0 Å². The van der Waals surface area contributed by atoms with E-state index in [1.807, 2.05) is 19.2 Å². The summed E-state index contributed by atoms with van der Waals surface area (Å²) in [5, 5.41) is 0. The maximum absolute atomic E-state index is 5.86. The third kappa shape index (κ3) is 3.01. The Labute approximate surface area is 96.4 Å². The van der Waals surface area contributed by atoms with Gasteiger partial charge >= 0.3 is 0 Å². The summed E-state index contributed by atoms with van der Waals surface area (Å²) in [5.41, 5.74) is 7.10. The first kappa shape index (κ1) is 11.5. The molecular formula is C12H19N3O. The molecule has 0 amide bonds. The maximum atomic E-state index is 5.86. The summed E-state index contributed by atoms with van der Waals surface area (Å²) in [6.07, 6.45) is 3.87. The van der Waals surface area contributed by atoms with Gasteiger partial charge in [0, 0.05) is 38.1 Å². The normalized spacial score (nSPS) is 24.2. The van der Waals surface area contributed by atoms with Crippen molar-refractivity contribution in [1.82, 2.24) is 9.88 Å². The van der Waals surface area contributed by atoms with E-state index in [1.54, 1.807) is 6.20 Å². The van der Waals surface area contributed by atoms with Crippen LogP contribution in [0, 0.1) is 0 Å². The van der Waals surface area contributed by atoms with Crippen LogP contribution in [-0.4, -0.2) is 41.7 Å². The highest BCUT2D eigenvalue weighted by molar-refractivity contribution is 5.08. The highest BCUT2D eigenvalue weighted by Crippen LogP contribution is 2.11. The number of pyridine rings is 1. The van der Waals surface area contributed by atoms with E-state index >= 15 is 0 Å². The van der Waals surface area contributed by atoms with Gasteiger partial charge < -0.3 is 10.5 Å². The minimum atomic E-state index is 0.0942. The number of morpholine rings is 1. The van der Waals surface area contributed by atoms with Crippen LogP contribution < -0.4 is 5.73 Å². The van der Waals surface area contributed by atoms with E-state index < -0.39 is 0 Å². The minimum absolute atomic E-state index is 0.0942. The fourth-order valence-electron chi connectivity index (χ4n) is 1.94. The van der Waals surface area contributed by atoms with Gasteiger partial charge in [0.05, 0.1) is 12.7 Å². The van der Waals surface area contributed by atoms with E-state index in [0.717, 1.165) is 26.2 Å². The fraction of sp³-hybridized carbons (Fsp3) is 0.583. The Bertz CT molecular complexity index is 315. The maximum Gasteiger partial charge on any atom is 0.0850 e. The van der Waals surface area contributed by atoms with E-state index in [1.165, 1.54) is 5.56 Å². The number of nitrogens with zero attached hydrogens (tertiary/aromatic N) is 2. The lowest BCUT2D eigenvalue weighted by molar-refractivity contribution is -0.0403. The summed E-state index contributed by atoms with van der Waals surface area (Å²) in [7, 11) is 0. The third-order valence-electron chi connectivity index (χ3n) is 2.89. The number of hydrogen-bond donors (Lipinski definition) is 1. The first-order valence-electron chi connectivity index (χ1n) is 5.74. The molecule has 0 radical (unpaired) electrons. The van der Waals surface area contributed by atoms with Gasteiger partial charge in [0.15, 0.2) is 0 Å². The van der Waals surface area contributed by atoms with Gasteiger partial charge in [0.1, 0.15) is 0 Å². The van der Waals surface area contributed by atoms with Crippen LogP contribution >= 0.6 is 0 Å². The average molecular weight is 221 g/mol.